The number of aliphatic hydroxyl groups is 2. The Morgan fingerprint density at radius 1 is 1.11 bits per heavy atom. The van der Waals surface area contributed by atoms with Gasteiger partial charge in [-0.1, -0.05) is 30.3 Å². The van der Waals surface area contributed by atoms with Gasteiger partial charge >= 0.3 is 5.97 Å². The van der Waals surface area contributed by atoms with Gasteiger partial charge in [0.25, 0.3) is 0 Å². The largest absolute Gasteiger partial charge is 0.460 e. The van der Waals surface area contributed by atoms with Crippen LogP contribution in [-0.4, -0.2) is 38.6 Å². The van der Waals surface area contributed by atoms with Crippen LogP contribution in [0.3, 0.4) is 0 Å². The van der Waals surface area contributed by atoms with Gasteiger partial charge in [0.1, 0.15) is 11.4 Å². The molecular weight excluding hydrogens is 445 g/mol. The standard InChI is InChI=1S/C29H36FNO4/c1-18(2)31-24-9-7-8-19(3)27(24)28(20-10-12-21(30)13-11-20)25(31)15-14-22(32)16-23(33)17-26(34)35-29(4,5)6/h7-15,18,22-23,32-33H,16-17H2,1-6H3/b15-14+/t22-,23-/m0/s1. The van der Waals surface area contributed by atoms with E-state index in [-0.39, 0.29) is 24.7 Å². The van der Waals surface area contributed by atoms with Crippen molar-refractivity contribution in [3.8, 4) is 11.1 Å². The van der Waals surface area contributed by atoms with Gasteiger partial charge in [0.15, 0.2) is 0 Å². The number of esters is 1. The molecule has 1 heterocycles. The van der Waals surface area contributed by atoms with E-state index in [0.717, 1.165) is 33.3 Å². The molecule has 2 atom stereocenters. The van der Waals surface area contributed by atoms with Crippen molar-refractivity contribution in [2.75, 3.05) is 0 Å². The molecule has 0 aliphatic heterocycles. The van der Waals surface area contributed by atoms with E-state index in [1.165, 1.54) is 12.1 Å². The van der Waals surface area contributed by atoms with Crippen molar-refractivity contribution in [2.24, 2.45) is 0 Å². The molecule has 2 N–H and O–H groups in total. The molecule has 35 heavy (non-hydrogen) atoms. The molecule has 3 rings (SSSR count). The van der Waals surface area contributed by atoms with Crippen molar-refractivity contribution >= 4 is 22.9 Å². The van der Waals surface area contributed by atoms with Gasteiger partial charge in [0.05, 0.1) is 18.6 Å². The lowest BCUT2D eigenvalue weighted by molar-refractivity contribution is -0.157. The Morgan fingerprint density at radius 3 is 2.37 bits per heavy atom. The lowest BCUT2D eigenvalue weighted by Crippen LogP contribution is -2.27. The molecule has 5 nitrogen and oxygen atoms in total. The molecule has 0 spiro atoms. The third-order valence-corrected chi connectivity index (χ3v) is 5.74. The predicted octanol–water partition coefficient (Wildman–Crippen LogP) is 6.19. The van der Waals surface area contributed by atoms with Gasteiger partial charge in [0, 0.05) is 34.6 Å². The minimum absolute atomic E-state index is 0.00254. The van der Waals surface area contributed by atoms with Crippen LogP contribution in [0, 0.1) is 12.7 Å². The number of fused-ring (bicyclic) bond motifs is 1. The zero-order valence-electron chi connectivity index (χ0n) is 21.4. The average Bonchev–Trinajstić information content (AvgIpc) is 3.07. The molecule has 0 unspecified atom stereocenters. The Balaban J connectivity index is 1.96. The maximum Gasteiger partial charge on any atom is 0.308 e. The number of aryl methyl sites for hydroxylation is 1. The molecule has 0 saturated heterocycles. The number of ether oxygens (including phenoxy) is 1. The highest BCUT2D eigenvalue weighted by molar-refractivity contribution is 6.02. The van der Waals surface area contributed by atoms with E-state index in [1.54, 1.807) is 39.0 Å². The van der Waals surface area contributed by atoms with E-state index in [0.29, 0.717) is 0 Å². The monoisotopic (exact) mass is 481 g/mol. The van der Waals surface area contributed by atoms with Gasteiger partial charge < -0.3 is 19.5 Å². The molecule has 0 bridgehead atoms. The molecule has 0 radical (unpaired) electrons. The average molecular weight is 482 g/mol. The number of aliphatic hydroxyl groups excluding tert-OH is 2. The minimum Gasteiger partial charge on any atom is -0.460 e. The number of aromatic nitrogens is 1. The first-order valence-corrected chi connectivity index (χ1v) is 12.0. The van der Waals surface area contributed by atoms with E-state index in [4.69, 9.17) is 4.74 Å². The summed E-state index contributed by atoms with van der Waals surface area (Å²) in [4.78, 5) is 12.0. The summed E-state index contributed by atoms with van der Waals surface area (Å²) in [6.45, 7) is 11.5. The molecule has 3 aromatic rings. The summed E-state index contributed by atoms with van der Waals surface area (Å²) < 4.78 is 21.1. The SMILES string of the molecule is Cc1cccc2c1c(-c1ccc(F)cc1)c(/C=C/[C@H](O)C[C@H](O)CC(=O)OC(C)(C)C)n2C(C)C. The molecule has 0 aliphatic carbocycles. The van der Waals surface area contributed by atoms with Crippen LogP contribution in [-0.2, 0) is 9.53 Å². The van der Waals surface area contributed by atoms with Crippen molar-refractivity contribution < 1.29 is 24.1 Å². The molecule has 2 aromatic carbocycles. The van der Waals surface area contributed by atoms with Gasteiger partial charge in [-0.2, -0.15) is 0 Å². The number of hydrogen-bond acceptors (Lipinski definition) is 4. The highest BCUT2D eigenvalue weighted by atomic mass is 19.1. The Hall–Kier alpha value is -2.96. The second kappa shape index (κ2) is 10.8. The summed E-state index contributed by atoms with van der Waals surface area (Å²) in [6, 6.07) is 12.7. The van der Waals surface area contributed by atoms with Crippen molar-refractivity contribution in [2.45, 2.75) is 78.2 Å². The van der Waals surface area contributed by atoms with E-state index in [9.17, 15) is 19.4 Å². The van der Waals surface area contributed by atoms with Crippen LogP contribution in [0.1, 0.15) is 64.8 Å². The first-order valence-electron chi connectivity index (χ1n) is 12.0. The van der Waals surface area contributed by atoms with Crippen molar-refractivity contribution in [1.29, 1.82) is 0 Å². The summed E-state index contributed by atoms with van der Waals surface area (Å²) in [5.41, 5.74) is 4.25. The molecule has 0 saturated carbocycles. The van der Waals surface area contributed by atoms with Gasteiger partial charge in [-0.25, -0.2) is 4.39 Å². The maximum absolute atomic E-state index is 13.7. The Labute approximate surface area is 206 Å². The number of nitrogens with zero attached hydrogens (tertiary/aromatic N) is 1. The van der Waals surface area contributed by atoms with Crippen LogP contribution in [0.25, 0.3) is 28.1 Å². The van der Waals surface area contributed by atoms with E-state index in [2.05, 4.69) is 37.5 Å². The quantitative estimate of drug-likeness (QED) is 0.376. The first-order chi connectivity index (χ1) is 16.4. The Kier molecular flexibility index (Phi) is 8.18. The fourth-order valence-electron chi connectivity index (χ4n) is 4.40. The number of carbonyl (C=O) groups is 1. The zero-order valence-corrected chi connectivity index (χ0v) is 21.4. The third-order valence-electron chi connectivity index (χ3n) is 5.74. The van der Waals surface area contributed by atoms with Crippen LogP contribution in [0.4, 0.5) is 4.39 Å². The summed E-state index contributed by atoms with van der Waals surface area (Å²) >= 11 is 0. The normalized spacial score (nSPS) is 14.1. The molecular formula is C29H36FNO4. The zero-order chi connectivity index (χ0) is 25.9. The van der Waals surface area contributed by atoms with Crippen LogP contribution >= 0.6 is 0 Å². The third kappa shape index (κ3) is 6.59. The van der Waals surface area contributed by atoms with E-state index in [1.807, 2.05) is 12.1 Å². The summed E-state index contributed by atoms with van der Waals surface area (Å²) in [5, 5.41) is 22.0. The summed E-state index contributed by atoms with van der Waals surface area (Å²) in [7, 11) is 0. The lowest BCUT2D eigenvalue weighted by Gasteiger charge is -2.21. The number of hydrogen-bond donors (Lipinski definition) is 2. The number of rotatable bonds is 8. The predicted molar refractivity (Wildman–Crippen MR) is 139 cm³/mol. The van der Waals surface area contributed by atoms with Gasteiger partial charge in [-0.05, 0) is 76.9 Å². The van der Waals surface area contributed by atoms with Crippen molar-refractivity contribution in [3.63, 3.8) is 0 Å². The first kappa shape index (κ1) is 26.6. The van der Waals surface area contributed by atoms with Crippen molar-refractivity contribution in [3.05, 3.63) is 65.6 Å². The Bertz CT molecular complexity index is 1200. The van der Waals surface area contributed by atoms with Crippen LogP contribution in [0.2, 0.25) is 0 Å². The van der Waals surface area contributed by atoms with Gasteiger partial charge in [-0.15, -0.1) is 0 Å². The molecule has 0 amide bonds. The summed E-state index contributed by atoms with van der Waals surface area (Å²) in [6.07, 6.45) is 1.31. The van der Waals surface area contributed by atoms with Gasteiger partial charge in [0.2, 0.25) is 0 Å². The summed E-state index contributed by atoms with van der Waals surface area (Å²) in [5.74, 6) is -0.806. The Morgan fingerprint density at radius 2 is 1.77 bits per heavy atom. The molecule has 188 valence electrons. The fraction of sp³-hybridized carbons (Fsp3) is 0.414. The molecule has 0 fully saturated rings. The molecule has 0 aliphatic rings. The van der Waals surface area contributed by atoms with E-state index < -0.39 is 23.8 Å². The smallest absolute Gasteiger partial charge is 0.308 e. The lowest BCUT2D eigenvalue weighted by atomic mass is 9.98. The highest BCUT2D eigenvalue weighted by Crippen LogP contribution is 2.39. The topological polar surface area (TPSA) is 71.7 Å². The van der Waals surface area contributed by atoms with Crippen LogP contribution in [0.5, 0.6) is 0 Å². The minimum atomic E-state index is -1.03. The maximum atomic E-state index is 13.7. The number of carbonyl (C=O) groups excluding carboxylic acids is 1. The second-order valence-corrected chi connectivity index (χ2v) is 10.3. The number of benzene rings is 2. The van der Waals surface area contributed by atoms with E-state index >= 15 is 0 Å². The second-order valence-electron chi connectivity index (χ2n) is 10.3. The highest BCUT2D eigenvalue weighted by Gasteiger charge is 2.22. The van der Waals surface area contributed by atoms with Crippen LogP contribution < -0.4 is 0 Å². The molecule has 1 aromatic heterocycles. The molecule has 6 heteroatoms. The van der Waals surface area contributed by atoms with Crippen molar-refractivity contribution in [1.82, 2.24) is 4.57 Å². The van der Waals surface area contributed by atoms with Crippen LogP contribution in [0.15, 0.2) is 48.5 Å². The van der Waals surface area contributed by atoms with Gasteiger partial charge in [-0.3, -0.25) is 4.79 Å². The fourth-order valence-corrected chi connectivity index (χ4v) is 4.40. The number of halogens is 1.